The van der Waals surface area contributed by atoms with Gasteiger partial charge in [-0.1, -0.05) is 18.2 Å². The third-order valence-electron chi connectivity index (χ3n) is 9.13. The molecule has 2 amide bonds. The average molecular weight is 477 g/mol. The number of imide groups is 1. The summed E-state index contributed by atoms with van der Waals surface area (Å²) >= 11 is 0. The number of hydrogen-bond acceptors (Lipinski definition) is 6. The highest BCUT2D eigenvalue weighted by molar-refractivity contribution is 6.21. The van der Waals surface area contributed by atoms with Crippen LogP contribution >= 0.6 is 0 Å². The molecule has 8 heteroatoms. The summed E-state index contributed by atoms with van der Waals surface area (Å²) in [6.45, 7) is 5.19. The number of phenols is 1. The van der Waals surface area contributed by atoms with Gasteiger partial charge in [-0.15, -0.1) is 6.58 Å². The second kappa shape index (κ2) is 6.71. The number of carbonyl (C=O) groups excluding carboxylic acids is 2. The van der Waals surface area contributed by atoms with Crippen molar-refractivity contribution in [1.82, 2.24) is 9.80 Å². The quantitative estimate of drug-likeness (QED) is 0.523. The van der Waals surface area contributed by atoms with E-state index in [2.05, 4.69) is 11.5 Å². The van der Waals surface area contributed by atoms with Gasteiger partial charge in [0.2, 0.25) is 0 Å². The second-order valence-corrected chi connectivity index (χ2v) is 10.4. The van der Waals surface area contributed by atoms with E-state index in [0.717, 1.165) is 16.0 Å². The van der Waals surface area contributed by atoms with Crippen LogP contribution in [0, 0.1) is 5.82 Å². The van der Waals surface area contributed by atoms with E-state index < -0.39 is 40.8 Å². The molecule has 0 unspecified atom stereocenters. The molecule has 1 spiro atoms. The molecule has 0 radical (unpaired) electrons. The smallest absolute Gasteiger partial charge is 0.264 e. The topological polar surface area (TPSA) is 90.3 Å². The minimum Gasteiger partial charge on any atom is -0.504 e. The molecule has 2 aromatic rings. The fourth-order valence-electron chi connectivity index (χ4n) is 7.82. The lowest BCUT2D eigenvalue weighted by Crippen LogP contribution is -2.78. The SMILES string of the molecule is C=CCN1CC[C@]23c4c5ccc(O)c4O[C@H]2[C@H](N2C(=O)c4cccc(F)c4C2=O)CC[C@@]3(O)[C@@H]1C5. The Morgan fingerprint density at radius 2 is 2.03 bits per heavy atom. The molecule has 0 aromatic heterocycles. The van der Waals surface area contributed by atoms with Gasteiger partial charge >= 0.3 is 0 Å². The zero-order valence-electron chi connectivity index (χ0n) is 19.0. The maximum atomic E-state index is 14.6. The third kappa shape index (κ3) is 2.28. The zero-order valence-corrected chi connectivity index (χ0v) is 19.0. The van der Waals surface area contributed by atoms with Crippen LogP contribution in [-0.2, 0) is 11.8 Å². The number of hydrogen-bond donors (Lipinski definition) is 2. The van der Waals surface area contributed by atoms with Gasteiger partial charge in [-0.2, -0.15) is 0 Å². The highest BCUT2D eigenvalue weighted by atomic mass is 19.1. The van der Waals surface area contributed by atoms with Crippen LogP contribution in [0.5, 0.6) is 11.5 Å². The van der Waals surface area contributed by atoms with Crippen molar-refractivity contribution >= 4 is 11.8 Å². The van der Waals surface area contributed by atoms with E-state index in [0.29, 0.717) is 44.5 Å². The molecule has 2 aromatic carbocycles. The number of nitrogens with zero attached hydrogens (tertiary/aromatic N) is 2. The maximum Gasteiger partial charge on any atom is 0.264 e. The Morgan fingerprint density at radius 3 is 2.80 bits per heavy atom. The monoisotopic (exact) mass is 476 g/mol. The van der Waals surface area contributed by atoms with Crippen LogP contribution in [0.25, 0.3) is 0 Å². The Bertz CT molecular complexity index is 1340. The van der Waals surface area contributed by atoms with Crippen LogP contribution in [0.3, 0.4) is 0 Å². The van der Waals surface area contributed by atoms with Crippen LogP contribution < -0.4 is 4.74 Å². The van der Waals surface area contributed by atoms with Gasteiger partial charge in [0.1, 0.15) is 11.9 Å². The van der Waals surface area contributed by atoms with Gasteiger partial charge in [-0.25, -0.2) is 4.39 Å². The number of aliphatic hydroxyl groups is 1. The number of aromatic hydroxyl groups is 1. The summed E-state index contributed by atoms with van der Waals surface area (Å²) in [5.74, 6) is -1.63. The van der Waals surface area contributed by atoms with Crippen LogP contribution in [0.4, 0.5) is 4.39 Å². The first-order chi connectivity index (χ1) is 16.8. The Hall–Kier alpha value is -3.23. The summed E-state index contributed by atoms with van der Waals surface area (Å²) in [6, 6.07) is 6.66. The highest BCUT2D eigenvalue weighted by Gasteiger charge is 2.74. The molecule has 3 aliphatic heterocycles. The number of ether oxygens (including phenoxy) is 1. The molecule has 7 rings (SSSR count). The van der Waals surface area contributed by atoms with Crippen molar-refractivity contribution in [3.05, 3.63) is 71.1 Å². The number of piperidine rings is 1. The number of likely N-dealkylation sites (tertiary alicyclic amines) is 1. The van der Waals surface area contributed by atoms with Gasteiger partial charge in [-0.3, -0.25) is 19.4 Å². The Kier molecular flexibility index (Phi) is 4.04. The molecule has 5 aliphatic rings. The first-order valence-electron chi connectivity index (χ1n) is 12.1. The van der Waals surface area contributed by atoms with E-state index >= 15 is 0 Å². The number of fused-ring (bicyclic) bond motifs is 1. The molecule has 5 atom stereocenters. The van der Waals surface area contributed by atoms with Gasteiger partial charge in [0.15, 0.2) is 11.5 Å². The lowest BCUT2D eigenvalue weighted by Gasteiger charge is -2.64. The predicted octanol–water partition coefficient (Wildman–Crippen LogP) is 2.54. The molecular formula is C27H25FN2O5. The molecule has 3 heterocycles. The summed E-state index contributed by atoms with van der Waals surface area (Å²) in [5.41, 5.74) is -0.434. The van der Waals surface area contributed by atoms with Gasteiger partial charge in [-0.05, 0) is 56.0 Å². The van der Waals surface area contributed by atoms with E-state index in [-0.39, 0.29) is 22.9 Å². The normalized spacial score (nSPS) is 34.5. The number of halogens is 1. The highest BCUT2D eigenvalue weighted by Crippen LogP contribution is 2.66. The molecule has 2 bridgehead atoms. The van der Waals surface area contributed by atoms with Crippen molar-refractivity contribution in [2.45, 2.75) is 54.9 Å². The van der Waals surface area contributed by atoms with Crippen molar-refractivity contribution in [1.29, 1.82) is 0 Å². The Balaban J connectivity index is 1.40. The fourth-order valence-corrected chi connectivity index (χ4v) is 7.82. The van der Waals surface area contributed by atoms with Crippen molar-refractivity contribution in [2.24, 2.45) is 0 Å². The number of benzene rings is 2. The molecular weight excluding hydrogens is 451 g/mol. The number of rotatable bonds is 3. The Labute approximate surface area is 201 Å². The van der Waals surface area contributed by atoms with Gasteiger partial charge in [0.25, 0.3) is 11.8 Å². The summed E-state index contributed by atoms with van der Waals surface area (Å²) in [4.78, 5) is 30.1. The predicted molar refractivity (Wildman–Crippen MR) is 123 cm³/mol. The summed E-state index contributed by atoms with van der Waals surface area (Å²) in [6.07, 6.45) is 2.89. The minimum absolute atomic E-state index is 0.0194. The van der Waals surface area contributed by atoms with Gasteiger partial charge in [0, 0.05) is 18.2 Å². The molecule has 2 aliphatic carbocycles. The van der Waals surface area contributed by atoms with Crippen molar-refractivity contribution in [3.8, 4) is 11.5 Å². The fraction of sp³-hybridized carbons (Fsp3) is 0.407. The lowest BCUT2D eigenvalue weighted by molar-refractivity contribution is -0.194. The van der Waals surface area contributed by atoms with E-state index in [1.165, 1.54) is 18.2 Å². The molecule has 1 saturated heterocycles. The summed E-state index contributed by atoms with van der Waals surface area (Å²) in [7, 11) is 0. The molecule has 1 saturated carbocycles. The van der Waals surface area contributed by atoms with Crippen LogP contribution in [0.15, 0.2) is 43.0 Å². The first kappa shape index (κ1) is 21.1. The standard InChI is InChI=1S/C27H25FN2O5/c1-2-11-29-12-10-26-21-14-6-7-18(31)22(21)35-23(26)17(8-9-27(26,34)19(29)13-14)30-24(32)15-4-3-5-16(28)20(15)25(30)33/h2-7,17,19,23,31,34H,1,8-13H2/t17-,19+,23+,26+,27-/m1/s1. The van der Waals surface area contributed by atoms with E-state index in [1.54, 1.807) is 6.07 Å². The van der Waals surface area contributed by atoms with Crippen molar-refractivity contribution in [2.75, 3.05) is 13.1 Å². The number of carbonyl (C=O) groups is 2. The molecule has 2 fully saturated rings. The third-order valence-corrected chi connectivity index (χ3v) is 9.13. The van der Waals surface area contributed by atoms with Crippen LogP contribution in [0.1, 0.15) is 51.1 Å². The average Bonchev–Trinajstić information content (AvgIpc) is 3.31. The van der Waals surface area contributed by atoms with Crippen LogP contribution in [0.2, 0.25) is 0 Å². The zero-order chi connectivity index (χ0) is 24.3. The molecule has 2 N–H and O–H groups in total. The van der Waals surface area contributed by atoms with Crippen molar-refractivity contribution < 1.29 is 28.9 Å². The van der Waals surface area contributed by atoms with Gasteiger partial charge < -0.3 is 14.9 Å². The van der Waals surface area contributed by atoms with E-state index in [9.17, 15) is 24.2 Å². The summed E-state index contributed by atoms with van der Waals surface area (Å²) in [5, 5.41) is 23.2. The maximum absolute atomic E-state index is 14.6. The number of amides is 2. The van der Waals surface area contributed by atoms with E-state index in [4.69, 9.17) is 4.74 Å². The minimum atomic E-state index is -1.18. The van der Waals surface area contributed by atoms with Crippen molar-refractivity contribution in [3.63, 3.8) is 0 Å². The lowest BCUT2D eigenvalue weighted by atomic mass is 9.48. The molecule has 180 valence electrons. The van der Waals surface area contributed by atoms with Crippen LogP contribution in [-0.4, -0.2) is 68.7 Å². The second-order valence-electron chi connectivity index (χ2n) is 10.4. The largest absolute Gasteiger partial charge is 0.504 e. The molecule has 35 heavy (non-hydrogen) atoms. The Morgan fingerprint density at radius 1 is 1.20 bits per heavy atom. The number of phenolic OH excluding ortho intramolecular Hbond substituents is 1. The van der Waals surface area contributed by atoms with E-state index in [1.807, 2.05) is 12.1 Å². The molecule has 7 nitrogen and oxygen atoms in total. The van der Waals surface area contributed by atoms with Gasteiger partial charge in [0.05, 0.1) is 28.2 Å². The first-order valence-corrected chi connectivity index (χ1v) is 12.1. The summed E-state index contributed by atoms with van der Waals surface area (Å²) < 4.78 is 21.0.